The molecule has 2 N–H and O–H groups in total. The molecule has 2 aromatic carbocycles. The average molecular weight is 400 g/mol. The SMILES string of the molecule is CC(C)c1cccc(NC(=O)C(N=C2NS(=O)(=O)c3ccccc32)C(C)C)c1. The summed E-state index contributed by atoms with van der Waals surface area (Å²) >= 11 is 0. The number of carbonyl (C=O) groups is 1. The summed E-state index contributed by atoms with van der Waals surface area (Å²) in [4.78, 5) is 17.6. The number of hydrogen-bond donors (Lipinski definition) is 2. The molecule has 0 aliphatic carbocycles. The van der Waals surface area contributed by atoms with E-state index < -0.39 is 16.1 Å². The van der Waals surface area contributed by atoms with E-state index >= 15 is 0 Å². The van der Waals surface area contributed by atoms with Crippen LogP contribution in [0.15, 0.2) is 58.4 Å². The Hall–Kier alpha value is -2.67. The van der Waals surface area contributed by atoms with Crippen molar-refractivity contribution in [2.75, 3.05) is 5.32 Å². The lowest BCUT2D eigenvalue weighted by molar-refractivity contribution is -0.118. The Kier molecular flexibility index (Phi) is 5.56. The second-order valence-corrected chi connectivity index (χ2v) is 9.19. The summed E-state index contributed by atoms with van der Waals surface area (Å²) < 4.78 is 27.0. The lowest BCUT2D eigenvalue weighted by Gasteiger charge is -2.18. The Bertz CT molecular complexity index is 1030. The van der Waals surface area contributed by atoms with Crippen LogP contribution in [-0.2, 0) is 14.8 Å². The number of benzene rings is 2. The number of anilines is 1. The summed E-state index contributed by atoms with van der Waals surface area (Å²) in [5.74, 6) is 0.174. The fraction of sp³-hybridized carbons (Fsp3) is 0.333. The van der Waals surface area contributed by atoms with Crippen LogP contribution in [0, 0.1) is 5.92 Å². The molecule has 0 saturated heterocycles. The molecular weight excluding hydrogens is 374 g/mol. The van der Waals surface area contributed by atoms with Crippen molar-refractivity contribution in [2.24, 2.45) is 10.9 Å². The zero-order valence-corrected chi connectivity index (χ0v) is 17.2. The van der Waals surface area contributed by atoms with Crippen molar-refractivity contribution in [1.29, 1.82) is 0 Å². The van der Waals surface area contributed by atoms with Crippen molar-refractivity contribution in [3.05, 3.63) is 59.7 Å². The Morgan fingerprint density at radius 1 is 1.04 bits per heavy atom. The minimum absolute atomic E-state index is 0.113. The Morgan fingerprint density at radius 2 is 1.75 bits per heavy atom. The average Bonchev–Trinajstić information content (AvgIpc) is 2.90. The number of rotatable bonds is 5. The zero-order valence-electron chi connectivity index (χ0n) is 16.4. The predicted molar refractivity (Wildman–Crippen MR) is 111 cm³/mol. The highest BCUT2D eigenvalue weighted by molar-refractivity contribution is 7.90. The van der Waals surface area contributed by atoms with Gasteiger partial charge in [0.1, 0.15) is 11.9 Å². The molecule has 0 aromatic heterocycles. The molecule has 3 rings (SSSR count). The zero-order chi connectivity index (χ0) is 20.5. The second-order valence-electron chi connectivity index (χ2n) is 7.54. The van der Waals surface area contributed by atoms with Crippen LogP contribution in [0.1, 0.15) is 44.7 Å². The van der Waals surface area contributed by atoms with Gasteiger partial charge in [-0.15, -0.1) is 0 Å². The van der Waals surface area contributed by atoms with Gasteiger partial charge >= 0.3 is 0 Å². The molecule has 6 nitrogen and oxygen atoms in total. The molecular formula is C21H25N3O3S. The first-order valence-corrected chi connectivity index (χ1v) is 10.8. The molecule has 1 atom stereocenters. The van der Waals surface area contributed by atoms with E-state index in [0.717, 1.165) is 5.56 Å². The number of fused-ring (bicyclic) bond motifs is 1. The predicted octanol–water partition coefficient (Wildman–Crippen LogP) is 3.51. The summed E-state index contributed by atoms with van der Waals surface area (Å²) in [5, 5.41) is 2.91. The van der Waals surface area contributed by atoms with Gasteiger partial charge in [0.15, 0.2) is 0 Å². The number of amidine groups is 1. The maximum Gasteiger partial charge on any atom is 0.263 e. The molecule has 2 aromatic rings. The van der Waals surface area contributed by atoms with Crippen molar-refractivity contribution in [3.63, 3.8) is 0 Å². The number of nitrogens with one attached hydrogen (secondary N) is 2. The summed E-state index contributed by atoms with van der Waals surface area (Å²) in [6.45, 7) is 7.95. The third-order valence-corrected chi connectivity index (χ3v) is 6.05. The van der Waals surface area contributed by atoms with Crippen molar-refractivity contribution >= 4 is 27.5 Å². The van der Waals surface area contributed by atoms with Gasteiger partial charge in [-0.1, -0.05) is 52.0 Å². The van der Waals surface area contributed by atoms with E-state index in [0.29, 0.717) is 17.2 Å². The maximum atomic E-state index is 12.9. The van der Waals surface area contributed by atoms with Crippen LogP contribution in [0.5, 0.6) is 0 Å². The number of amides is 1. The van der Waals surface area contributed by atoms with Crippen LogP contribution < -0.4 is 10.0 Å². The van der Waals surface area contributed by atoms with Gasteiger partial charge in [0.2, 0.25) is 5.91 Å². The molecule has 1 amide bonds. The van der Waals surface area contributed by atoms with Crippen LogP contribution in [-0.4, -0.2) is 26.2 Å². The molecule has 148 valence electrons. The topological polar surface area (TPSA) is 87.6 Å². The minimum Gasteiger partial charge on any atom is -0.324 e. The molecule has 7 heteroatoms. The van der Waals surface area contributed by atoms with Crippen molar-refractivity contribution < 1.29 is 13.2 Å². The van der Waals surface area contributed by atoms with E-state index in [2.05, 4.69) is 28.9 Å². The molecule has 0 spiro atoms. The monoisotopic (exact) mass is 399 g/mol. The van der Waals surface area contributed by atoms with Gasteiger partial charge in [-0.3, -0.25) is 14.5 Å². The van der Waals surface area contributed by atoms with E-state index in [1.54, 1.807) is 18.2 Å². The molecule has 0 saturated carbocycles. The quantitative estimate of drug-likeness (QED) is 0.806. The van der Waals surface area contributed by atoms with E-state index in [4.69, 9.17) is 0 Å². The lowest BCUT2D eigenvalue weighted by Crippen LogP contribution is -2.34. The van der Waals surface area contributed by atoms with Gasteiger partial charge in [-0.25, -0.2) is 8.42 Å². The standard InChI is InChI=1S/C21H25N3O3S/c1-13(2)15-8-7-9-16(12-15)22-21(25)19(14(3)4)23-20-17-10-5-6-11-18(17)28(26,27)24-20/h5-14,19H,1-4H3,(H,22,25)(H,23,24). The van der Waals surface area contributed by atoms with Crippen LogP contribution >= 0.6 is 0 Å². The molecule has 1 unspecified atom stereocenters. The van der Waals surface area contributed by atoms with Gasteiger partial charge in [0.05, 0.1) is 4.90 Å². The smallest absolute Gasteiger partial charge is 0.263 e. The first-order chi connectivity index (χ1) is 13.2. The molecule has 1 aliphatic heterocycles. The normalized spacial score (nSPS) is 17.4. The summed E-state index contributed by atoms with van der Waals surface area (Å²) in [6.07, 6.45) is 0. The van der Waals surface area contributed by atoms with Crippen LogP contribution in [0.4, 0.5) is 5.69 Å². The van der Waals surface area contributed by atoms with E-state index in [1.807, 2.05) is 38.1 Å². The van der Waals surface area contributed by atoms with E-state index in [9.17, 15) is 13.2 Å². The Balaban J connectivity index is 1.90. The third kappa shape index (κ3) is 4.09. The highest BCUT2D eigenvalue weighted by Gasteiger charge is 2.32. The minimum atomic E-state index is -3.64. The highest BCUT2D eigenvalue weighted by Crippen LogP contribution is 2.24. The van der Waals surface area contributed by atoms with Gasteiger partial charge in [-0.05, 0) is 41.7 Å². The fourth-order valence-corrected chi connectivity index (χ4v) is 4.31. The van der Waals surface area contributed by atoms with Crippen molar-refractivity contribution in [3.8, 4) is 0 Å². The summed E-state index contributed by atoms with van der Waals surface area (Å²) in [6, 6.07) is 13.6. The van der Waals surface area contributed by atoms with Crippen molar-refractivity contribution in [1.82, 2.24) is 4.72 Å². The van der Waals surface area contributed by atoms with E-state index in [1.165, 1.54) is 6.07 Å². The molecule has 0 radical (unpaired) electrons. The number of carbonyl (C=O) groups excluding carboxylic acids is 1. The lowest BCUT2D eigenvalue weighted by atomic mass is 10.0. The summed E-state index contributed by atoms with van der Waals surface area (Å²) in [5.41, 5.74) is 2.32. The fourth-order valence-electron chi connectivity index (χ4n) is 3.07. The largest absolute Gasteiger partial charge is 0.324 e. The number of nitrogens with zero attached hydrogens (tertiary/aromatic N) is 1. The number of hydrogen-bond acceptors (Lipinski definition) is 4. The maximum absolute atomic E-state index is 12.9. The van der Waals surface area contributed by atoms with Gasteiger partial charge in [0.25, 0.3) is 10.0 Å². The van der Waals surface area contributed by atoms with Crippen LogP contribution in [0.2, 0.25) is 0 Å². The molecule has 1 heterocycles. The Morgan fingerprint density at radius 3 is 2.43 bits per heavy atom. The van der Waals surface area contributed by atoms with Gasteiger partial charge < -0.3 is 5.32 Å². The van der Waals surface area contributed by atoms with Crippen molar-refractivity contribution in [2.45, 2.75) is 44.6 Å². The number of sulfonamides is 1. The van der Waals surface area contributed by atoms with Gasteiger partial charge in [0, 0.05) is 11.3 Å². The molecule has 0 fully saturated rings. The Labute approximate surface area is 166 Å². The third-order valence-electron chi connectivity index (χ3n) is 4.65. The van der Waals surface area contributed by atoms with Crippen LogP contribution in [0.25, 0.3) is 0 Å². The second kappa shape index (κ2) is 7.75. The molecule has 1 aliphatic rings. The summed E-state index contributed by atoms with van der Waals surface area (Å²) in [7, 11) is -3.64. The molecule has 0 bridgehead atoms. The number of aliphatic imine (C=N–C) groups is 1. The van der Waals surface area contributed by atoms with Crippen LogP contribution in [0.3, 0.4) is 0 Å². The van der Waals surface area contributed by atoms with Gasteiger partial charge in [-0.2, -0.15) is 0 Å². The highest BCUT2D eigenvalue weighted by atomic mass is 32.2. The van der Waals surface area contributed by atoms with E-state index in [-0.39, 0.29) is 22.6 Å². The first-order valence-electron chi connectivity index (χ1n) is 9.30. The molecule has 28 heavy (non-hydrogen) atoms. The first kappa shape index (κ1) is 20.1.